The minimum absolute atomic E-state index is 0.0985. The number of hydrogen-bond acceptors (Lipinski definition) is 3. The second-order valence-corrected chi connectivity index (χ2v) is 10.4. The smallest absolute Gasteiger partial charge is 0.286 e. The summed E-state index contributed by atoms with van der Waals surface area (Å²) in [7, 11) is 4.15. The van der Waals surface area contributed by atoms with Crippen LogP contribution in [0, 0.1) is 13.8 Å². The summed E-state index contributed by atoms with van der Waals surface area (Å²) in [5, 5.41) is 12.3. The molecule has 9 heteroatoms. The summed E-state index contributed by atoms with van der Waals surface area (Å²) in [5.41, 5.74) is 19.7. The van der Waals surface area contributed by atoms with Crippen LogP contribution in [0.1, 0.15) is 22.3 Å². The number of pyridine rings is 2. The van der Waals surface area contributed by atoms with E-state index in [9.17, 15) is 0 Å². The topological polar surface area (TPSA) is 93.2 Å². The van der Waals surface area contributed by atoms with Crippen LogP contribution in [0.25, 0.3) is 33.8 Å². The van der Waals surface area contributed by atoms with Gasteiger partial charge in [0.2, 0.25) is 5.96 Å². The Morgan fingerprint density at radius 3 is 1.64 bits per heavy atom. The number of hydrogen-bond donors (Lipinski definition) is 2. The first-order valence-electron chi connectivity index (χ1n) is 13.7. The normalized spacial score (nSPS) is 12.3. The Bertz CT molecular complexity index is 1990. The van der Waals surface area contributed by atoms with E-state index in [4.69, 9.17) is 5.73 Å². The zero-order chi connectivity index (χ0) is 29.2. The number of benzene rings is 2. The minimum atomic E-state index is 0.0985. The van der Waals surface area contributed by atoms with E-state index in [1.54, 1.807) is 12.4 Å². The molecule has 4 heterocycles. The first-order valence-corrected chi connectivity index (χ1v) is 13.7. The SMILES string of the molecule is Cc1ccc2n(C)c(-c3ccc(C=NN=C(N)NN=Cc4ccc(-c5c[n+]6cc(C)ccc6n5C)cc4)cc3)c[n+]2c1. The van der Waals surface area contributed by atoms with Gasteiger partial charge in [-0.15, -0.1) is 5.10 Å². The standard InChI is InChI=1S/C33H33N9/c1-23-5-15-31-39(3)29(21-41(31)19-23)27-11-7-25(8-12-27)17-35-37-33(34)38-36-18-26-9-13-28(14-10-26)30-22-42-20-24(2)6-16-32(42)40(30)4/h5-22H,1-4H3,(H3,34,37,38)/q+2. The molecule has 0 amide bonds. The highest BCUT2D eigenvalue weighted by atomic mass is 15.4. The van der Waals surface area contributed by atoms with Crippen molar-refractivity contribution in [2.45, 2.75) is 13.8 Å². The van der Waals surface area contributed by atoms with Crippen molar-refractivity contribution in [3.05, 3.63) is 120 Å². The zero-order valence-corrected chi connectivity index (χ0v) is 24.1. The molecule has 208 valence electrons. The van der Waals surface area contributed by atoms with Crippen molar-refractivity contribution >= 4 is 29.7 Å². The number of fused-ring (bicyclic) bond motifs is 2. The highest BCUT2D eigenvalue weighted by Gasteiger charge is 2.16. The minimum Gasteiger partial charge on any atom is -0.367 e. The number of aromatic nitrogens is 4. The van der Waals surface area contributed by atoms with E-state index in [0.29, 0.717) is 0 Å². The van der Waals surface area contributed by atoms with Crippen LogP contribution < -0.4 is 20.0 Å². The van der Waals surface area contributed by atoms with E-state index in [1.165, 1.54) is 11.1 Å². The Kier molecular flexibility index (Phi) is 7.06. The summed E-state index contributed by atoms with van der Waals surface area (Å²) in [6, 6.07) is 24.8. The predicted octanol–water partition coefficient (Wildman–Crippen LogP) is 4.06. The quantitative estimate of drug-likeness (QED) is 0.140. The fraction of sp³-hybridized carbons (Fsp3) is 0.121. The molecule has 42 heavy (non-hydrogen) atoms. The molecule has 0 aliphatic rings. The van der Waals surface area contributed by atoms with Gasteiger partial charge in [0, 0.05) is 23.3 Å². The second-order valence-electron chi connectivity index (χ2n) is 10.4. The third-order valence-corrected chi connectivity index (χ3v) is 7.32. The van der Waals surface area contributed by atoms with Crippen LogP contribution in [-0.2, 0) is 14.1 Å². The number of hydrazone groups is 1. The lowest BCUT2D eigenvalue weighted by atomic mass is 10.1. The third-order valence-electron chi connectivity index (χ3n) is 7.32. The average molecular weight is 556 g/mol. The maximum absolute atomic E-state index is 5.93. The van der Waals surface area contributed by atoms with Crippen molar-refractivity contribution in [1.29, 1.82) is 0 Å². The molecule has 0 spiro atoms. The number of nitrogens with one attached hydrogen (secondary N) is 1. The lowest BCUT2D eigenvalue weighted by Gasteiger charge is -2.00. The first-order chi connectivity index (χ1) is 20.4. The lowest BCUT2D eigenvalue weighted by molar-refractivity contribution is -0.511. The van der Waals surface area contributed by atoms with Gasteiger partial charge in [0.1, 0.15) is 12.4 Å². The van der Waals surface area contributed by atoms with Crippen molar-refractivity contribution in [3.8, 4) is 22.5 Å². The maximum atomic E-state index is 5.93. The van der Waals surface area contributed by atoms with Gasteiger partial charge in [0.15, 0.2) is 11.4 Å². The van der Waals surface area contributed by atoms with Crippen LogP contribution >= 0.6 is 0 Å². The van der Waals surface area contributed by atoms with Crippen LogP contribution in [0.2, 0.25) is 0 Å². The Morgan fingerprint density at radius 1 is 0.667 bits per heavy atom. The van der Waals surface area contributed by atoms with Gasteiger partial charge >= 0.3 is 0 Å². The number of imidazole rings is 2. The summed E-state index contributed by atoms with van der Waals surface area (Å²) in [4.78, 5) is 0. The van der Waals surface area contributed by atoms with E-state index in [1.807, 2.05) is 24.3 Å². The maximum Gasteiger partial charge on any atom is 0.286 e. The van der Waals surface area contributed by atoms with Crippen LogP contribution in [0.3, 0.4) is 0 Å². The van der Waals surface area contributed by atoms with Crippen molar-refractivity contribution in [1.82, 2.24) is 14.6 Å². The lowest BCUT2D eigenvalue weighted by Crippen LogP contribution is -2.26. The summed E-state index contributed by atoms with van der Waals surface area (Å²) in [6.45, 7) is 4.19. The molecule has 2 aromatic carbocycles. The van der Waals surface area contributed by atoms with E-state index < -0.39 is 0 Å². The zero-order valence-electron chi connectivity index (χ0n) is 24.1. The van der Waals surface area contributed by atoms with Gasteiger partial charge in [0.25, 0.3) is 11.3 Å². The molecule has 0 saturated carbocycles. The van der Waals surface area contributed by atoms with Crippen LogP contribution in [-0.4, -0.2) is 27.5 Å². The molecule has 9 nitrogen and oxygen atoms in total. The summed E-state index contributed by atoms with van der Waals surface area (Å²) < 4.78 is 8.66. The summed E-state index contributed by atoms with van der Waals surface area (Å²) >= 11 is 0. The summed E-state index contributed by atoms with van der Waals surface area (Å²) in [6.07, 6.45) is 11.9. The predicted molar refractivity (Wildman–Crippen MR) is 167 cm³/mol. The fourth-order valence-electron chi connectivity index (χ4n) is 5.07. The average Bonchev–Trinajstić information content (AvgIpc) is 3.49. The number of nitrogens with two attached hydrogens (primary N) is 1. The molecule has 6 rings (SSSR count). The molecule has 0 radical (unpaired) electrons. The molecule has 0 atom stereocenters. The Hall–Kier alpha value is -5.57. The second kappa shape index (κ2) is 11.1. The molecule has 0 bridgehead atoms. The molecule has 0 fully saturated rings. The van der Waals surface area contributed by atoms with Crippen LogP contribution in [0.5, 0.6) is 0 Å². The van der Waals surface area contributed by atoms with Gasteiger partial charge in [-0.05, 0) is 72.5 Å². The molecule has 0 unspecified atom stereocenters. The van der Waals surface area contributed by atoms with Crippen molar-refractivity contribution in [3.63, 3.8) is 0 Å². The Labute approximate surface area is 244 Å². The molecule has 0 aliphatic heterocycles. The first kappa shape index (κ1) is 26.6. The molecule has 6 aromatic rings. The fourth-order valence-corrected chi connectivity index (χ4v) is 5.07. The van der Waals surface area contributed by atoms with Crippen molar-refractivity contribution in [2.75, 3.05) is 0 Å². The number of rotatable bonds is 6. The number of nitrogens with zero attached hydrogens (tertiary/aromatic N) is 7. The molecule has 0 saturated heterocycles. The van der Waals surface area contributed by atoms with E-state index in [0.717, 1.165) is 44.9 Å². The molecular formula is C33H33N9+2. The highest BCUT2D eigenvalue weighted by Crippen LogP contribution is 2.21. The van der Waals surface area contributed by atoms with Gasteiger partial charge in [0.05, 0.1) is 38.9 Å². The van der Waals surface area contributed by atoms with E-state index >= 15 is 0 Å². The third kappa shape index (κ3) is 5.40. The number of guanidine groups is 1. The Balaban J connectivity index is 1.06. The molecule has 3 N–H and O–H groups in total. The van der Waals surface area contributed by atoms with Crippen molar-refractivity contribution < 1.29 is 8.80 Å². The van der Waals surface area contributed by atoms with Gasteiger partial charge in [-0.3, -0.25) is 0 Å². The number of aryl methyl sites for hydroxylation is 4. The van der Waals surface area contributed by atoms with Gasteiger partial charge < -0.3 is 5.73 Å². The van der Waals surface area contributed by atoms with Gasteiger partial charge in [-0.1, -0.05) is 24.3 Å². The summed E-state index contributed by atoms with van der Waals surface area (Å²) in [5.74, 6) is 0.0985. The monoisotopic (exact) mass is 555 g/mol. The van der Waals surface area contributed by atoms with Gasteiger partial charge in [-0.25, -0.2) is 23.4 Å². The molecule has 0 aliphatic carbocycles. The highest BCUT2D eigenvalue weighted by molar-refractivity contribution is 5.85. The van der Waals surface area contributed by atoms with E-state index in [2.05, 4.69) is 140 Å². The van der Waals surface area contributed by atoms with Crippen LogP contribution in [0.15, 0.2) is 113 Å². The van der Waals surface area contributed by atoms with Crippen molar-refractivity contribution in [2.24, 2.45) is 35.1 Å². The van der Waals surface area contributed by atoms with Crippen LogP contribution in [0.4, 0.5) is 0 Å². The Morgan fingerprint density at radius 2 is 1.14 bits per heavy atom. The van der Waals surface area contributed by atoms with E-state index in [-0.39, 0.29) is 5.96 Å². The molecular weight excluding hydrogens is 522 g/mol. The van der Waals surface area contributed by atoms with Gasteiger partial charge in [-0.2, -0.15) is 10.2 Å². The largest absolute Gasteiger partial charge is 0.367 e. The molecule has 4 aromatic heterocycles.